The second-order valence-electron chi connectivity index (χ2n) is 1.49. The van der Waals surface area contributed by atoms with Crippen LogP contribution in [-0.4, -0.2) is 27.4 Å². The first-order valence-electron chi connectivity index (χ1n) is 2.73. The lowest BCUT2D eigenvalue weighted by Crippen LogP contribution is -2.00. The molecule has 0 amide bonds. The van der Waals surface area contributed by atoms with E-state index in [0.29, 0.717) is 8.55 Å². The van der Waals surface area contributed by atoms with Crippen molar-refractivity contribution < 1.29 is 0 Å². The third-order valence-electron chi connectivity index (χ3n) is 0.781. The molecule has 0 bridgehead atoms. The molecule has 0 saturated heterocycles. The average Bonchev–Trinajstić information content (AvgIpc) is 1.61. The molecule has 0 fully saturated rings. The van der Waals surface area contributed by atoms with Crippen molar-refractivity contribution in [3.05, 3.63) is 0 Å². The van der Waals surface area contributed by atoms with E-state index in [1.807, 2.05) is 0 Å². The highest BCUT2D eigenvalue weighted by molar-refractivity contribution is 7.23. The molecule has 0 nitrogen and oxygen atoms in total. The second-order valence-corrected chi connectivity index (χ2v) is 15.0. The van der Waals surface area contributed by atoms with Gasteiger partial charge in [0, 0.05) is 9.04 Å². The molecule has 0 aromatic heterocycles. The Kier molecular flexibility index (Phi) is 6.26. The molecule has 0 aliphatic carbocycles. The largest absolute Gasteiger partial charge is 0.0657 e. The maximum absolute atomic E-state index is 2.29. The summed E-state index contributed by atoms with van der Waals surface area (Å²) < 4.78 is 0. The Labute approximate surface area is 47.4 Å². The van der Waals surface area contributed by atoms with Crippen molar-refractivity contribution in [3.8, 4) is 0 Å². The summed E-state index contributed by atoms with van der Waals surface area (Å²) in [5.41, 5.74) is 0. The van der Waals surface area contributed by atoms with Crippen molar-refractivity contribution in [2.45, 2.75) is 19.4 Å². The van der Waals surface area contributed by atoms with Gasteiger partial charge in [0.2, 0.25) is 0 Å². The van der Waals surface area contributed by atoms with Gasteiger partial charge in [-0.3, -0.25) is 0 Å². The van der Waals surface area contributed by atoms with Crippen LogP contribution in [0.4, 0.5) is 0 Å². The minimum Gasteiger partial charge on any atom is -0.0657 e. The Morgan fingerprint density at radius 1 is 1.83 bits per heavy atom. The molecule has 37 valence electrons. The van der Waals surface area contributed by atoms with Crippen LogP contribution >= 0.6 is 0 Å². The van der Waals surface area contributed by atoms with Gasteiger partial charge in [0.15, 0.2) is 0 Å². The molecular weight excluding hydrogens is 120 g/mol. The standard InChI is InChI=1S/C3H13Si3/c1-2-3-5-6-4/h5H,2-3,6H2,1,4H3. The molecule has 0 aromatic rings. The molecule has 1 radical (unpaired) electrons. The lowest BCUT2D eigenvalue weighted by atomic mass is 10.6. The van der Waals surface area contributed by atoms with E-state index in [4.69, 9.17) is 0 Å². The van der Waals surface area contributed by atoms with Gasteiger partial charge in [0.25, 0.3) is 0 Å². The molecule has 0 aliphatic heterocycles. The zero-order valence-electron chi connectivity index (χ0n) is 4.70. The van der Waals surface area contributed by atoms with E-state index in [-0.39, 0.29) is 0 Å². The highest BCUT2D eigenvalue weighted by atomic mass is 29.5. The van der Waals surface area contributed by atoms with E-state index in [9.17, 15) is 0 Å². The molecule has 0 atom stereocenters. The van der Waals surface area contributed by atoms with Crippen molar-refractivity contribution in [2.75, 3.05) is 0 Å². The summed E-state index contributed by atoms with van der Waals surface area (Å²) in [5.74, 6) is 0. The number of hydrogen-bond donors (Lipinski definition) is 0. The molecule has 0 rings (SSSR count). The van der Waals surface area contributed by atoms with Crippen LogP contribution in [0, 0.1) is 0 Å². The molecular formula is C3H13Si3. The summed E-state index contributed by atoms with van der Waals surface area (Å²) >= 11 is 0. The predicted molar refractivity (Wildman–Crippen MR) is 40.7 cm³/mol. The van der Waals surface area contributed by atoms with Gasteiger partial charge < -0.3 is 0 Å². The smallest absolute Gasteiger partial charge is 0.00992 e. The summed E-state index contributed by atoms with van der Waals surface area (Å²) in [4.78, 5) is 0. The van der Waals surface area contributed by atoms with Crippen LogP contribution in [-0.2, 0) is 0 Å². The predicted octanol–water partition coefficient (Wildman–Crippen LogP) is -1.38. The van der Waals surface area contributed by atoms with Gasteiger partial charge >= 0.3 is 0 Å². The Morgan fingerprint density at radius 3 is 2.67 bits per heavy atom. The summed E-state index contributed by atoms with van der Waals surface area (Å²) in [7, 11) is 3.22. The van der Waals surface area contributed by atoms with Gasteiger partial charge in [-0.1, -0.05) is 19.4 Å². The van der Waals surface area contributed by atoms with E-state index in [0.717, 1.165) is 9.04 Å². The maximum Gasteiger partial charge on any atom is 0.00992 e. The van der Waals surface area contributed by atoms with E-state index in [2.05, 4.69) is 6.92 Å². The fraction of sp³-hybridized carbons (Fsp3) is 1.00. The van der Waals surface area contributed by atoms with E-state index >= 15 is 0 Å². The fourth-order valence-corrected chi connectivity index (χ4v) is 7.35. The topological polar surface area (TPSA) is 0 Å². The molecule has 0 unspecified atom stereocenters. The second kappa shape index (κ2) is 5.65. The Bertz CT molecular complexity index is 18.0. The van der Waals surface area contributed by atoms with Crippen molar-refractivity contribution in [2.24, 2.45) is 0 Å². The van der Waals surface area contributed by atoms with Gasteiger partial charge in [-0.25, -0.2) is 0 Å². The monoisotopic (exact) mass is 133 g/mol. The minimum absolute atomic E-state index is 0.625. The highest BCUT2D eigenvalue weighted by Gasteiger charge is 1.78. The van der Waals surface area contributed by atoms with E-state index in [1.54, 1.807) is 15.8 Å². The Balaban J connectivity index is 2.34. The van der Waals surface area contributed by atoms with E-state index in [1.165, 1.54) is 6.42 Å². The fourth-order valence-electron chi connectivity index (χ4n) is 0.408. The van der Waals surface area contributed by atoms with Gasteiger partial charge in [-0.2, -0.15) is 0 Å². The summed E-state index contributed by atoms with van der Waals surface area (Å²) in [6, 6.07) is 1.59. The molecule has 0 saturated carbocycles. The number of hydrogen-bond acceptors (Lipinski definition) is 0. The summed E-state index contributed by atoms with van der Waals surface area (Å²) in [6.07, 6.45) is 1.45. The summed E-state index contributed by atoms with van der Waals surface area (Å²) in [6.45, 7) is 2.29. The lowest BCUT2D eigenvalue weighted by molar-refractivity contribution is 1.08. The first kappa shape index (κ1) is 6.65. The van der Waals surface area contributed by atoms with Crippen LogP contribution < -0.4 is 0 Å². The molecule has 0 aromatic carbocycles. The molecule has 0 aliphatic rings. The van der Waals surface area contributed by atoms with Crippen LogP contribution in [0.3, 0.4) is 0 Å². The SMILES string of the molecule is CCC[SiH][SiH2][SiH3]. The number of rotatable bonds is 3. The van der Waals surface area contributed by atoms with Crippen LogP contribution in [0.15, 0.2) is 0 Å². The van der Waals surface area contributed by atoms with Crippen molar-refractivity contribution >= 4 is 27.4 Å². The van der Waals surface area contributed by atoms with Crippen LogP contribution in [0.1, 0.15) is 13.3 Å². The van der Waals surface area contributed by atoms with Crippen LogP contribution in [0.25, 0.3) is 0 Å². The molecule has 3 heteroatoms. The average molecular weight is 133 g/mol. The van der Waals surface area contributed by atoms with Crippen LogP contribution in [0.5, 0.6) is 0 Å². The van der Waals surface area contributed by atoms with E-state index < -0.39 is 0 Å². The first-order chi connectivity index (χ1) is 2.91. The molecule has 6 heavy (non-hydrogen) atoms. The first-order valence-corrected chi connectivity index (χ1v) is 12.5. The maximum atomic E-state index is 2.29. The highest BCUT2D eigenvalue weighted by Crippen LogP contribution is 1.80. The minimum atomic E-state index is 0.625. The van der Waals surface area contributed by atoms with Crippen molar-refractivity contribution in [3.63, 3.8) is 0 Å². The molecule has 0 N–H and O–H groups in total. The van der Waals surface area contributed by atoms with Crippen molar-refractivity contribution in [1.29, 1.82) is 0 Å². The molecule has 0 heterocycles. The lowest BCUT2D eigenvalue weighted by Gasteiger charge is -1.83. The zero-order chi connectivity index (χ0) is 4.83. The van der Waals surface area contributed by atoms with Gasteiger partial charge in [0.05, 0.1) is 0 Å². The Morgan fingerprint density at radius 2 is 2.50 bits per heavy atom. The van der Waals surface area contributed by atoms with Crippen molar-refractivity contribution in [1.82, 2.24) is 0 Å². The van der Waals surface area contributed by atoms with Crippen LogP contribution in [0.2, 0.25) is 6.04 Å². The quantitative estimate of drug-likeness (QED) is 0.329. The summed E-state index contributed by atoms with van der Waals surface area (Å²) in [5, 5.41) is 0. The Hall–Kier alpha value is 0.651. The van der Waals surface area contributed by atoms with Gasteiger partial charge in [0.1, 0.15) is 0 Å². The van der Waals surface area contributed by atoms with Gasteiger partial charge in [-0.05, 0) is 18.3 Å². The third-order valence-corrected chi connectivity index (χ3v) is 10.5. The van der Waals surface area contributed by atoms with Gasteiger partial charge in [-0.15, -0.1) is 0 Å². The third kappa shape index (κ3) is 4.65. The molecule has 0 spiro atoms. The normalized spacial score (nSPS) is 11.5. The zero-order valence-corrected chi connectivity index (χ0v) is 9.27.